The van der Waals surface area contributed by atoms with Crippen LogP contribution in [-0.2, 0) is 22.1 Å². The molecule has 0 bridgehead atoms. The highest BCUT2D eigenvalue weighted by atomic mass is 35.5. The largest absolute Gasteiger partial charge is 0.379 e. The van der Waals surface area contributed by atoms with Crippen molar-refractivity contribution < 1.29 is 8.95 Å². The van der Waals surface area contributed by atoms with Crippen LogP contribution < -0.4 is 0 Å². The fraction of sp³-hybridized carbons (Fsp3) is 0.316. The number of rotatable bonds is 4. The molecule has 0 N–H and O–H groups in total. The van der Waals surface area contributed by atoms with Crippen molar-refractivity contribution in [1.29, 1.82) is 0 Å². The molecule has 1 atom stereocenters. The number of morpholine rings is 1. The molecule has 0 spiro atoms. The zero-order valence-electron chi connectivity index (χ0n) is 15.0. The second-order valence-electron chi connectivity index (χ2n) is 6.20. The van der Waals surface area contributed by atoms with E-state index in [1.807, 2.05) is 42.5 Å². The number of aromatic nitrogens is 2. The van der Waals surface area contributed by atoms with Crippen LogP contribution in [0.2, 0.25) is 0 Å². The lowest BCUT2D eigenvalue weighted by atomic mass is 10.1. The smallest absolute Gasteiger partial charge is 0.137 e. The molecule has 3 aromatic rings. The van der Waals surface area contributed by atoms with E-state index in [1.54, 1.807) is 6.26 Å². The molecule has 0 saturated carbocycles. The van der Waals surface area contributed by atoms with Crippen molar-refractivity contribution in [2.75, 3.05) is 32.6 Å². The Labute approximate surface area is 174 Å². The van der Waals surface area contributed by atoms with Crippen LogP contribution >= 0.6 is 24.8 Å². The monoisotopic (exact) mass is 427 g/mol. The van der Waals surface area contributed by atoms with Gasteiger partial charge in [-0.25, -0.2) is 4.98 Å². The van der Waals surface area contributed by atoms with Gasteiger partial charge in [-0.15, -0.1) is 24.8 Å². The molecule has 1 aromatic carbocycles. The van der Waals surface area contributed by atoms with E-state index in [-0.39, 0.29) is 24.8 Å². The maximum absolute atomic E-state index is 11.6. The van der Waals surface area contributed by atoms with Crippen LogP contribution in [0.4, 0.5) is 0 Å². The minimum Gasteiger partial charge on any atom is -0.379 e. The van der Waals surface area contributed by atoms with Crippen molar-refractivity contribution in [3.05, 3.63) is 54.4 Å². The molecule has 0 amide bonds. The third-order valence-electron chi connectivity index (χ3n) is 4.57. The van der Waals surface area contributed by atoms with E-state index in [9.17, 15) is 4.21 Å². The first-order chi connectivity index (χ1) is 12.2. The molecule has 2 aromatic heterocycles. The first kappa shape index (κ1) is 21.9. The normalized spacial score (nSPS) is 15.7. The van der Waals surface area contributed by atoms with Gasteiger partial charge in [0.1, 0.15) is 5.65 Å². The van der Waals surface area contributed by atoms with Crippen molar-refractivity contribution in [2.45, 2.75) is 11.4 Å². The summed E-state index contributed by atoms with van der Waals surface area (Å²) in [6, 6.07) is 13.9. The van der Waals surface area contributed by atoms with Gasteiger partial charge in [0.05, 0.1) is 24.6 Å². The molecule has 1 unspecified atom stereocenters. The molecule has 5 nitrogen and oxygen atoms in total. The first-order valence-electron chi connectivity index (χ1n) is 8.42. The van der Waals surface area contributed by atoms with Gasteiger partial charge < -0.3 is 9.14 Å². The predicted molar refractivity (Wildman–Crippen MR) is 114 cm³/mol. The van der Waals surface area contributed by atoms with Crippen molar-refractivity contribution in [3.63, 3.8) is 0 Å². The van der Waals surface area contributed by atoms with Crippen molar-refractivity contribution in [3.8, 4) is 11.3 Å². The molecule has 4 rings (SSSR count). The molecule has 146 valence electrons. The van der Waals surface area contributed by atoms with Crippen LogP contribution in [0.25, 0.3) is 16.9 Å². The maximum Gasteiger partial charge on any atom is 0.137 e. The second kappa shape index (κ2) is 9.66. The molecule has 0 radical (unpaired) electrons. The summed E-state index contributed by atoms with van der Waals surface area (Å²) in [5, 5.41) is 0. The molecule has 1 saturated heterocycles. The first-order valence-corrected chi connectivity index (χ1v) is 9.98. The molecule has 1 aliphatic heterocycles. The molecule has 0 aliphatic carbocycles. The van der Waals surface area contributed by atoms with Crippen molar-refractivity contribution in [2.24, 2.45) is 0 Å². The summed E-state index contributed by atoms with van der Waals surface area (Å²) in [6.45, 7) is 4.28. The molecule has 27 heavy (non-hydrogen) atoms. The fourth-order valence-corrected chi connectivity index (χ4v) is 3.72. The molecule has 1 aliphatic rings. The van der Waals surface area contributed by atoms with E-state index >= 15 is 0 Å². The van der Waals surface area contributed by atoms with E-state index in [0.29, 0.717) is 0 Å². The Morgan fingerprint density at radius 3 is 2.44 bits per heavy atom. The van der Waals surface area contributed by atoms with Crippen LogP contribution in [0.3, 0.4) is 0 Å². The third kappa shape index (κ3) is 4.70. The van der Waals surface area contributed by atoms with Crippen molar-refractivity contribution in [1.82, 2.24) is 14.3 Å². The van der Waals surface area contributed by atoms with Gasteiger partial charge in [-0.3, -0.25) is 9.11 Å². The van der Waals surface area contributed by atoms with E-state index in [0.717, 1.165) is 54.6 Å². The van der Waals surface area contributed by atoms with Crippen LogP contribution in [0.15, 0.2) is 53.6 Å². The number of fused-ring (bicyclic) bond motifs is 1. The van der Waals surface area contributed by atoms with E-state index in [4.69, 9.17) is 9.72 Å². The molecular formula is C19H23Cl2N3O2S. The van der Waals surface area contributed by atoms with Crippen LogP contribution in [0, 0.1) is 0 Å². The van der Waals surface area contributed by atoms with Gasteiger partial charge in [-0.05, 0) is 24.3 Å². The zero-order chi connectivity index (χ0) is 17.2. The van der Waals surface area contributed by atoms with Crippen LogP contribution in [0.5, 0.6) is 0 Å². The SMILES string of the molecule is CS(=O)c1ccc(-c2nc3ccccn3c2CN2CCOCC2)cc1.Cl.Cl. The van der Waals surface area contributed by atoms with Gasteiger partial charge >= 0.3 is 0 Å². The van der Waals surface area contributed by atoms with E-state index < -0.39 is 10.8 Å². The predicted octanol–water partition coefficient (Wildman–Crippen LogP) is 3.41. The number of hydrogen-bond acceptors (Lipinski definition) is 4. The summed E-state index contributed by atoms with van der Waals surface area (Å²) in [4.78, 5) is 8.09. The summed E-state index contributed by atoms with van der Waals surface area (Å²) < 4.78 is 19.3. The Morgan fingerprint density at radius 2 is 1.78 bits per heavy atom. The Kier molecular flexibility index (Phi) is 7.82. The van der Waals surface area contributed by atoms with Crippen molar-refractivity contribution >= 4 is 41.3 Å². The number of hydrogen-bond donors (Lipinski definition) is 0. The van der Waals surface area contributed by atoms with Gasteiger partial charge in [-0.2, -0.15) is 0 Å². The van der Waals surface area contributed by atoms with Gasteiger partial charge in [0, 0.05) is 53.3 Å². The Hall–Kier alpha value is -1.44. The average Bonchev–Trinajstić information content (AvgIpc) is 3.01. The second-order valence-corrected chi connectivity index (χ2v) is 7.58. The number of ether oxygens (including phenoxy) is 1. The lowest BCUT2D eigenvalue weighted by molar-refractivity contribution is 0.0336. The van der Waals surface area contributed by atoms with Gasteiger partial charge in [0.15, 0.2) is 0 Å². The number of halogens is 2. The summed E-state index contributed by atoms with van der Waals surface area (Å²) in [5.41, 5.74) is 4.18. The van der Waals surface area contributed by atoms with Gasteiger partial charge in [0.25, 0.3) is 0 Å². The van der Waals surface area contributed by atoms with Crippen LogP contribution in [0.1, 0.15) is 5.69 Å². The zero-order valence-corrected chi connectivity index (χ0v) is 17.5. The Bertz CT molecular complexity index is 909. The third-order valence-corrected chi connectivity index (χ3v) is 5.50. The Morgan fingerprint density at radius 1 is 1.07 bits per heavy atom. The summed E-state index contributed by atoms with van der Waals surface area (Å²) in [5.74, 6) is 0. The lowest BCUT2D eigenvalue weighted by Crippen LogP contribution is -2.36. The fourth-order valence-electron chi connectivity index (χ4n) is 3.20. The molecule has 3 heterocycles. The Balaban J connectivity index is 0.00000131. The topological polar surface area (TPSA) is 46.8 Å². The van der Waals surface area contributed by atoms with Gasteiger partial charge in [0.2, 0.25) is 0 Å². The summed E-state index contributed by atoms with van der Waals surface area (Å²) in [7, 11) is -0.967. The quantitative estimate of drug-likeness (QED) is 0.639. The summed E-state index contributed by atoms with van der Waals surface area (Å²) >= 11 is 0. The minimum atomic E-state index is -0.967. The molecular weight excluding hydrogens is 405 g/mol. The number of benzene rings is 1. The highest BCUT2D eigenvalue weighted by molar-refractivity contribution is 7.84. The van der Waals surface area contributed by atoms with Crippen LogP contribution in [-0.4, -0.2) is 51.1 Å². The highest BCUT2D eigenvalue weighted by Gasteiger charge is 2.18. The lowest BCUT2D eigenvalue weighted by Gasteiger charge is -2.26. The number of imidazole rings is 1. The highest BCUT2D eigenvalue weighted by Crippen LogP contribution is 2.26. The maximum atomic E-state index is 11.6. The molecule has 8 heteroatoms. The van der Waals surface area contributed by atoms with Gasteiger partial charge in [-0.1, -0.05) is 18.2 Å². The van der Waals surface area contributed by atoms with E-state index in [2.05, 4.69) is 15.5 Å². The average molecular weight is 428 g/mol. The minimum absolute atomic E-state index is 0. The standard InChI is InChI=1S/C19H21N3O2S.2ClH/c1-25(23)16-7-5-15(6-8-16)19-17(14-21-10-12-24-13-11-21)22-9-3-2-4-18(22)20-19;;/h2-9H,10-14H2,1H3;2*1H. The number of pyridine rings is 1. The number of nitrogens with zero attached hydrogens (tertiary/aromatic N) is 3. The summed E-state index contributed by atoms with van der Waals surface area (Å²) in [6.07, 6.45) is 3.76. The molecule has 1 fully saturated rings. The van der Waals surface area contributed by atoms with E-state index in [1.165, 1.54) is 5.69 Å².